The quantitative estimate of drug-likeness (QED) is 0.749. The predicted octanol–water partition coefficient (Wildman–Crippen LogP) is 2.18. The molecule has 17 heavy (non-hydrogen) atoms. The molecule has 1 aliphatic rings. The first kappa shape index (κ1) is 14.0. The highest BCUT2D eigenvalue weighted by molar-refractivity contribution is 5.78. The fraction of sp³-hybridized carbons (Fsp3) is 0.846. The van der Waals surface area contributed by atoms with Gasteiger partial charge in [-0.1, -0.05) is 26.7 Å². The van der Waals surface area contributed by atoms with Gasteiger partial charge in [-0.3, -0.25) is 9.59 Å². The Morgan fingerprint density at radius 2 is 2.12 bits per heavy atom. The van der Waals surface area contributed by atoms with Crippen molar-refractivity contribution < 1.29 is 14.7 Å². The maximum Gasteiger partial charge on any atom is 0.306 e. The number of unbranched alkanes of at least 4 members (excludes halogenated alkanes) is 1. The van der Waals surface area contributed by atoms with Gasteiger partial charge in [-0.2, -0.15) is 0 Å². The van der Waals surface area contributed by atoms with Crippen LogP contribution in [-0.4, -0.2) is 23.0 Å². The van der Waals surface area contributed by atoms with Gasteiger partial charge in [0.1, 0.15) is 0 Å². The van der Waals surface area contributed by atoms with Crippen LogP contribution in [0.25, 0.3) is 0 Å². The molecule has 4 nitrogen and oxygen atoms in total. The Labute approximate surface area is 103 Å². The minimum absolute atomic E-state index is 0.0406. The zero-order chi connectivity index (χ0) is 12.8. The van der Waals surface area contributed by atoms with Gasteiger partial charge in [0, 0.05) is 12.0 Å². The van der Waals surface area contributed by atoms with Crippen LogP contribution in [0.15, 0.2) is 0 Å². The Kier molecular flexibility index (Phi) is 5.45. The minimum Gasteiger partial charge on any atom is -0.481 e. The van der Waals surface area contributed by atoms with Crippen LogP contribution in [0.4, 0.5) is 0 Å². The molecule has 4 heteroatoms. The lowest BCUT2D eigenvalue weighted by Crippen LogP contribution is -2.37. The summed E-state index contributed by atoms with van der Waals surface area (Å²) in [6, 6.07) is 0.0627. The monoisotopic (exact) mass is 241 g/mol. The molecule has 1 unspecified atom stereocenters. The fourth-order valence-electron chi connectivity index (χ4n) is 2.32. The molecule has 1 rings (SSSR count). The van der Waals surface area contributed by atoms with Crippen molar-refractivity contribution in [2.24, 2.45) is 11.8 Å². The van der Waals surface area contributed by atoms with E-state index >= 15 is 0 Å². The first-order valence-corrected chi connectivity index (χ1v) is 6.57. The Bertz CT molecular complexity index is 278. The molecule has 1 saturated carbocycles. The van der Waals surface area contributed by atoms with E-state index in [1.807, 2.05) is 6.92 Å². The standard InChI is InChI=1S/C13H23NO3/c1-3-4-5-9(2)12(15)14-11-7-6-10(8-11)13(16)17/h9-11H,3-8H2,1-2H3,(H,14,15)(H,16,17)/t9?,10-,11+/m0/s1. The van der Waals surface area contributed by atoms with Crippen molar-refractivity contribution in [3.8, 4) is 0 Å². The lowest BCUT2D eigenvalue weighted by Gasteiger charge is -2.16. The van der Waals surface area contributed by atoms with Crippen LogP contribution < -0.4 is 5.32 Å². The molecule has 0 saturated heterocycles. The first-order valence-electron chi connectivity index (χ1n) is 6.57. The number of amides is 1. The van der Waals surface area contributed by atoms with Crippen LogP contribution in [-0.2, 0) is 9.59 Å². The maximum absolute atomic E-state index is 11.8. The second-order valence-electron chi connectivity index (χ2n) is 5.10. The highest BCUT2D eigenvalue weighted by Gasteiger charge is 2.31. The van der Waals surface area contributed by atoms with Gasteiger partial charge in [0.15, 0.2) is 0 Å². The molecule has 1 amide bonds. The van der Waals surface area contributed by atoms with Crippen LogP contribution in [0.3, 0.4) is 0 Å². The lowest BCUT2D eigenvalue weighted by molar-refractivity contribution is -0.141. The van der Waals surface area contributed by atoms with Gasteiger partial charge in [0.25, 0.3) is 0 Å². The normalized spacial score (nSPS) is 25.5. The summed E-state index contributed by atoms with van der Waals surface area (Å²) >= 11 is 0. The van der Waals surface area contributed by atoms with E-state index in [0.29, 0.717) is 12.8 Å². The number of carbonyl (C=O) groups is 2. The van der Waals surface area contributed by atoms with E-state index in [0.717, 1.165) is 25.7 Å². The first-order chi connectivity index (χ1) is 8.04. The summed E-state index contributed by atoms with van der Waals surface area (Å²) in [4.78, 5) is 22.6. The number of hydrogen-bond acceptors (Lipinski definition) is 2. The second kappa shape index (κ2) is 6.62. The van der Waals surface area contributed by atoms with Crippen LogP contribution >= 0.6 is 0 Å². The number of carbonyl (C=O) groups excluding carboxylic acids is 1. The second-order valence-corrected chi connectivity index (χ2v) is 5.10. The Balaban J connectivity index is 2.30. The van der Waals surface area contributed by atoms with Crippen molar-refractivity contribution in [3.05, 3.63) is 0 Å². The van der Waals surface area contributed by atoms with Crippen molar-refractivity contribution in [2.75, 3.05) is 0 Å². The molecule has 0 spiro atoms. The molecule has 98 valence electrons. The number of carboxylic acid groups (broad SMARTS) is 1. The van der Waals surface area contributed by atoms with Gasteiger partial charge in [0.2, 0.25) is 5.91 Å². The highest BCUT2D eigenvalue weighted by atomic mass is 16.4. The molecule has 0 heterocycles. The Morgan fingerprint density at radius 3 is 2.65 bits per heavy atom. The molecule has 0 aliphatic heterocycles. The summed E-state index contributed by atoms with van der Waals surface area (Å²) in [6.45, 7) is 4.05. The van der Waals surface area contributed by atoms with Gasteiger partial charge in [-0.05, 0) is 25.7 Å². The van der Waals surface area contributed by atoms with Crippen LogP contribution in [0.2, 0.25) is 0 Å². The molecule has 1 fully saturated rings. The predicted molar refractivity (Wildman–Crippen MR) is 65.6 cm³/mol. The zero-order valence-electron chi connectivity index (χ0n) is 10.7. The number of nitrogens with one attached hydrogen (secondary N) is 1. The van der Waals surface area contributed by atoms with Crippen LogP contribution in [0.5, 0.6) is 0 Å². The van der Waals surface area contributed by atoms with E-state index in [1.165, 1.54) is 0 Å². The molecule has 2 N–H and O–H groups in total. The van der Waals surface area contributed by atoms with Gasteiger partial charge in [-0.25, -0.2) is 0 Å². The smallest absolute Gasteiger partial charge is 0.306 e. The third-order valence-electron chi connectivity index (χ3n) is 3.57. The topological polar surface area (TPSA) is 66.4 Å². The van der Waals surface area contributed by atoms with Gasteiger partial charge >= 0.3 is 5.97 Å². The summed E-state index contributed by atoms with van der Waals surface area (Å²) in [5.74, 6) is -0.889. The van der Waals surface area contributed by atoms with E-state index < -0.39 is 5.97 Å². The van der Waals surface area contributed by atoms with Crippen molar-refractivity contribution in [1.82, 2.24) is 5.32 Å². The summed E-state index contributed by atoms with van der Waals surface area (Å²) in [5.41, 5.74) is 0. The third-order valence-corrected chi connectivity index (χ3v) is 3.57. The van der Waals surface area contributed by atoms with Crippen LogP contribution in [0, 0.1) is 11.8 Å². The Morgan fingerprint density at radius 1 is 1.41 bits per heavy atom. The Hall–Kier alpha value is -1.06. The highest BCUT2D eigenvalue weighted by Crippen LogP contribution is 2.26. The van der Waals surface area contributed by atoms with Crippen molar-refractivity contribution in [3.63, 3.8) is 0 Å². The van der Waals surface area contributed by atoms with Crippen LogP contribution in [0.1, 0.15) is 52.4 Å². The van der Waals surface area contributed by atoms with Crippen molar-refractivity contribution in [1.29, 1.82) is 0 Å². The van der Waals surface area contributed by atoms with Crippen molar-refractivity contribution in [2.45, 2.75) is 58.4 Å². The minimum atomic E-state index is -0.735. The van der Waals surface area contributed by atoms with Gasteiger partial charge < -0.3 is 10.4 Å². The van der Waals surface area contributed by atoms with Crippen molar-refractivity contribution >= 4 is 11.9 Å². The zero-order valence-corrected chi connectivity index (χ0v) is 10.7. The average molecular weight is 241 g/mol. The summed E-state index contributed by atoms with van der Waals surface area (Å²) < 4.78 is 0. The third kappa shape index (κ3) is 4.36. The summed E-state index contributed by atoms with van der Waals surface area (Å²) in [6.07, 6.45) is 5.14. The van der Waals surface area contributed by atoms with Gasteiger partial charge in [-0.15, -0.1) is 0 Å². The van der Waals surface area contributed by atoms with Gasteiger partial charge in [0.05, 0.1) is 5.92 Å². The SMILES string of the molecule is CCCCC(C)C(=O)N[C@@H]1CC[C@H](C(=O)O)C1. The molecular weight excluding hydrogens is 218 g/mol. The van der Waals surface area contributed by atoms with E-state index in [4.69, 9.17) is 5.11 Å². The lowest BCUT2D eigenvalue weighted by atomic mass is 10.0. The number of hydrogen-bond donors (Lipinski definition) is 2. The molecule has 0 radical (unpaired) electrons. The summed E-state index contributed by atoms with van der Waals surface area (Å²) in [5, 5.41) is 11.8. The largest absolute Gasteiger partial charge is 0.481 e. The number of aliphatic carboxylic acids is 1. The number of carboxylic acids is 1. The molecule has 1 aliphatic carbocycles. The fourth-order valence-corrected chi connectivity index (χ4v) is 2.32. The molecular formula is C13H23NO3. The summed E-state index contributed by atoms with van der Waals surface area (Å²) in [7, 11) is 0. The van der Waals surface area contributed by atoms with E-state index in [9.17, 15) is 9.59 Å². The maximum atomic E-state index is 11.8. The molecule has 3 atom stereocenters. The number of rotatable bonds is 6. The van der Waals surface area contributed by atoms with E-state index in [2.05, 4.69) is 12.2 Å². The van der Waals surface area contributed by atoms with E-state index in [1.54, 1.807) is 0 Å². The molecule has 0 aromatic carbocycles. The molecule has 0 bridgehead atoms. The molecule has 0 aromatic heterocycles. The average Bonchev–Trinajstić information content (AvgIpc) is 2.74. The molecule has 0 aromatic rings. The van der Waals surface area contributed by atoms with E-state index in [-0.39, 0.29) is 23.8 Å².